The number of piperidine rings is 1. The van der Waals surface area contributed by atoms with Crippen LogP contribution < -0.4 is 4.74 Å². The number of aryl methyl sites for hydroxylation is 1. The zero-order valence-electron chi connectivity index (χ0n) is 20.2. The molecule has 5 nitrogen and oxygen atoms in total. The van der Waals surface area contributed by atoms with E-state index in [1.54, 1.807) is 37.3 Å². The molecule has 1 amide bonds. The van der Waals surface area contributed by atoms with Crippen molar-refractivity contribution in [3.63, 3.8) is 0 Å². The smallest absolute Gasteiger partial charge is 0.257 e. The Balaban J connectivity index is 1.49. The molecule has 0 spiro atoms. The van der Waals surface area contributed by atoms with Gasteiger partial charge in [0.05, 0.1) is 18.9 Å². The van der Waals surface area contributed by atoms with Gasteiger partial charge in [0.2, 0.25) is 0 Å². The van der Waals surface area contributed by atoms with Crippen LogP contribution in [0.2, 0.25) is 0 Å². The molecule has 0 saturated carbocycles. The van der Waals surface area contributed by atoms with Crippen molar-refractivity contribution in [1.82, 2.24) is 9.80 Å². The molecule has 0 bridgehead atoms. The SMILES string of the molecule is COc1ccccc1CN1CCC([C@@H](Cc2ccccc2F)N(C)C(=O)c2ccoc2C)CC1. The highest BCUT2D eigenvalue weighted by molar-refractivity contribution is 5.95. The molecule has 1 aliphatic heterocycles. The number of nitrogens with zero attached hydrogens (tertiary/aromatic N) is 2. The third kappa shape index (κ3) is 5.33. The van der Waals surface area contributed by atoms with Crippen LogP contribution in [0.4, 0.5) is 4.39 Å². The van der Waals surface area contributed by atoms with Crippen molar-refractivity contribution in [2.24, 2.45) is 5.92 Å². The predicted molar refractivity (Wildman–Crippen MR) is 130 cm³/mol. The summed E-state index contributed by atoms with van der Waals surface area (Å²) < 4.78 is 25.4. The monoisotopic (exact) mass is 464 g/mol. The first-order valence-electron chi connectivity index (χ1n) is 11.9. The maximum Gasteiger partial charge on any atom is 0.257 e. The largest absolute Gasteiger partial charge is 0.496 e. The summed E-state index contributed by atoms with van der Waals surface area (Å²) in [4.78, 5) is 17.5. The van der Waals surface area contributed by atoms with Gasteiger partial charge in [0.25, 0.3) is 5.91 Å². The maximum absolute atomic E-state index is 14.6. The number of benzene rings is 2. The summed E-state index contributed by atoms with van der Waals surface area (Å²) in [5.41, 5.74) is 2.39. The van der Waals surface area contributed by atoms with E-state index in [1.807, 2.05) is 37.4 Å². The van der Waals surface area contributed by atoms with E-state index in [0.717, 1.165) is 38.2 Å². The lowest BCUT2D eigenvalue weighted by Crippen LogP contribution is -2.47. The van der Waals surface area contributed by atoms with Crippen molar-refractivity contribution in [2.75, 3.05) is 27.2 Å². The van der Waals surface area contributed by atoms with Gasteiger partial charge in [0, 0.05) is 25.2 Å². The van der Waals surface area contributed by atoms with Gasteiger partial charge in [0.15, 0.2) is 0 Å². The van der Waals surface area contributed by atoms with Gasteiger partial charge in [-0.15, -0.1) is 0 Å². The third-order valence-electron chi connectivity index (χ3n) is 7.06. The molecule has 0 radical (unpaired) electrons. The minimum absolute atomic E-state index is 0.0796. The van der Waals surface area contributed by atoms with Gasteiger partial charge >= 0.3 is 0 Å². The number of likely N-dealkylation sites (N-methyl/N-ethyl adjacent to an activating group) is 1. The van der Waals surface area contributed by atoms with Crippen molar-refractivity contribution >= 4 is 5.91 Å². The number of para-hydroxylation sites is 1. The second-order valence-electron chi connectivity index (χ2n) is 9.09. The fourth-order valence-corrected chi connectivity index (χ4v) is 5.03. The zero-order valence-corrected chi connectivity index (χ0v) is 20.2. The Morgan fingerprint density at radius 1 is 1.12 bits per heavy atom. The summed E-state index contributed by atoms with van der Waals surface area (Å²) >= 11 is 0. The Morgan fingerprint density at radius 3 is 2.44 bits per heavy atom. The molecule has 1 aromatic heterocycles. The maximum atomic E-state index is 14.6. The van der Waals surface area contributed by atoms with Gasteiger partial charge in [-0.2, -0.15) is 0 Å². The van der Waals surface area contributed by atoms with Crippen LogP contribution >= 0.6 is 0 Å². The lowest BCUT2D eigenvalue weighted by atomic mass is 9.84. The van der Waals surface area contributed by atoms with Crippen LogP contribution in [0.5, 0.6) is 5.75 Å². The molecule has 2 heterocycles. The number of ether oxygens (including phenoxy) is 1. The van der Waals surface area contributed by atoms with Crippen LogP contribution in [0.15, 0.2) is 65.3 Å². The van der Waals surface area contributed by atoms with Crippen molar-refractivity contribution in [3.8, 4) is 5.75 Å². The van der Waals surface area contributed by atoms with Crippen LogP contribution in [-0.4, -0.2) is 49.0 Å². The molecule has 180 valence electrons. The topological polar surface area (TPSA) is 45.9 Å². The van der Waals surface area contributed by atoms with E-state index in [4.69, 9.17) is 9.15 Å². The lowest BCUT2D eigenvalue weighted by Gasteiger charge is -2.40. The second-order valence-corrected chi connectivity index (χ2v) is 9.09. The molecule has 4 rings (SSSR count). The normalized spacial score (nSPS) is 15.8. The van der Waals surface area contributed by atoms with Crippen LogP contribution in [0.25, 0.3) is 0 Å². The van der Waals surface area contributed by atoms with Gasteiger partial charge in [-0.3, -0.25) is 9.69 Å². The molecular weight excluding hydrogens is 431 g/mol. The minimum Gasteiger partial charge on any atom is -0.496 e. The van der Waals surface area contributed by atoms with E-state index in [-0.39, 0.29) is 23.7 Å². The number of amides is 1. The van der Waals surface area contributed by atoms with E-state index in [9.17, 15) is 9.18 Å². The van der Waals surface area contributed by atoms with Crippen LogP contribution in [-0.2, 0) is 13.0 Å². The van der Waals surface area contributed by atoms with E-state index in [1.165, 1.54) is 11.6 Å². The molecule has 2 aromatic carbocycles. The summed E-state index contributed by atoms with van der Waals surface area (Å²) in [5.74, 6) is 1.48. The number of likely N-dealkylation sites (tertiary alicyclic amines) is 1. The molecule has 0 unspecified atom stereocenters. The summed E-state index contributed by atoms with van der Waals surface area (Å²) in [6.07, 6.45) is 3.91. The Labute approximate surface area is 201 Å². The highest BCUT2D eigenvalue weighted by Crippen LogP contribution is 2.30. The number of halogens is 1. The Hall–Kier alpha value is -3.12. The van der Waals surface area contributed by atoms with Gasteiger partial charge in [-0.25, -0.2) is 4.39 Å². The van der Waals surface area contributed by atoms with Gasteiger partial charge in [0.1, 0.15) is 17.3 Å². The average Bonchev–Trinajstić information content (AvgIpc) is 3.29. The van der Waals surface area contributed by atoms with Crippen LogP contribution in [0.3, 0.4) is 0 Å². The summed E-state index contributed by atoms with van der Waals surface area (Å²) in [6.45, 7) is 4.47. The van der Waals surface area contributed by atoms with Crippen LogP contribution in [0.1, 0.15) is 40.1 Å². The second kappa shape index (κ2) is 10.9. The first-order chi connectivity index (χ1) is 16.5. The fourth-order valence-electron chi connectivity index (χ4n) is 5.03. The number of rotatable bonds is 8. The number of hydrogen-bond donors (Lipinski definition) is 0. The molecule has 0 N–H and O–H groups in total. The lowest BCUT2D eigenvalue weighted by molar-refractivity contribution is 0.0581. The summed E-state index contributed by atoms with van der Waals surface area (Å²) in [6, 6.07) is 16.6. The molecular formula is C28H33FN2O3. The van der Waals surface area contributed by atoms with E-state index < -0.39 is 0 Å². The third-order valence-corrected chi connectivity index (χ3v) is 7.06. The molecule has 1 atom stereocenters. The fraction of sp³-hybridized carbons (Fsp3) is 0.393. The first kappa shape index (κ1) is 24.0. The molecule has 1 aliphatic rings. The quantitative estimate of drug-likeness (QED) is 0.452. The number of methoxy groups -OCH3 is 1. The van der Waals surface area contributed by atoms with Crippen molar-refractivity contribution in [1.29, 1.82) is 0 Å². The zero-order chi connectivity index (χ0) is 24.1. The number of furan rings is 1. The number of hydrogen-bond acceptors (Lipinski definition) is 4. The highest BCUT2D eigenvalue weighted by atomic mass is 19.1. The van der Waals surface area contributed by atoms with Gasteiger partial charge in [-0.1, -0.05) is 36.4 Å². The van der Waals surface area contributed by atoms with E-state index in [0.29, 0.717) is 23.3 Å². The predicted octanol–water partition coefficient (Wildman–Crippen LogP) is 5.33. The highest BCUT2D eigenvalue weighted by Gasteiger charge is 2.33. The van der Waals surface area contributed by atoms with E-state index >= 15 is 0 Å². The summed E-state index contributed by atoms with van der Waals surface area (Å²) in [5, 5.41) is 0. The molecule has 1 fully saturated rings. The molecule has 34 heavy (non-hydrogen) atoms. The molecule has 3 aromatic rings. The molecule has 0 aliphatic carbocycles. The molecule has 6 heteroatoms. The molecule has 1 saturated heterocycles. The van der Waals surface area contributed by atoms with Gasteiger partial charge < -0.3 is 14.1 Å². The number of carbonyl (C=O) groups excluding carboxylic acids is 1. The Morgan fingerprint density at radius 2 is 1.79 bits per heavy atom. The summed E-state index contributed by atoms with van der Waals surface area (Å²) in [7, 11) is 3.54. The van der Waals surface area contributed by atoms with Crippen LogP contribution in [0, 0.1) is 18.7 Å². The van der Waals surface area contributed by atoms with Crippen molar-refractivity contribution in [2.45, 2.75) is 38.8 Å². The van der Waals surface area contributed by atoms with Gasteiger partial charge in [-0.05, 0) is 69.0 Å². The van der Waals surface area contributed by atoms with Crippen molar-refractivity contribution in [3.05, 3.63) is 89.1 Å². The first-order valence-corrected chi connectivity index (χ1v) is 11.9. The number of carbonyl (C=O) groups is 1. The van der Waals surface area contributed by atoms with Crippen molar-refractivity contribution < 1.29 is 18.3 Å². The Kier molecular flexibility index (Phi) is 7.68. The van der Waals surface area contributed by atoms with E-state index in [2.05, 4.69) is 11.0 Å². The standard InChI is InChI=1S/C28H33FN2O3/c1-20-24(14-17-34-20)28(32)30(2)26(18-22-8-4-6-10-25(22)29)21-12-15-31(16-13-21)19-23-9-5-7-11-27(23)33-3/h4-11,14,17,21,26H,12-13,15-16,18-19H2,1-3H3/t26-/m1/s1. The Bertz CT molecular complexity index is 1100. The minimum atomic E-state index is -0.221. The average molecular weight is 465 g/mol.